The fraction of sp³-hybridized carbons (Fsp3) is 0. The maximum Gasteiger partial charge on any atom is 0.238 e. The minimum Gasteiger partial charge on any atom is -0.456 e. The van der Waals surface area contributed by atoms with Gasteiger partial charge in [-0.25, -0.2) is 4.98 Å². The summed E-state index contributed by atoms with van der Waals surface area (Å²) in [6.07, 6.45) is 0. The summed E-state index contributed by atoms with van der Waals surface area (Å²) in [6.45, 7) is 0. The van der Waals surface area contributed by atoms with Crippen molar-refractivity contribution in [1.29, 1.82) is 0 Å². The second kappa shape index (κ2) is 13.2. The predicted molar refractivity (Wildman–Crippen MR) is 269 cm³/mol. The van der Waals surface area contributed by atoms with Crippen LogP contribution in [0.2, 0.25) is 0 Å². The second-order valence-corrected chi connectivity index (χ2v) is 17.1. The Hall–Kier alpha value is -9.07. The molecule has 0 aliphatic heterocycles. The molecule has 0 bridgehead atoms. The van der Waals surface area contributed by atoms with E-state index in [1.165, 1.54) is 10.8 Å². The van der Waals surface area contributed by atoms with Crippen LogP contribution in [-0.2, 0) is 0 Å². The van der Waals surface area contributed by atoms with Crippen molar-refractivity contribution in [1.82, 2.24) is 24.1 Å². The zero-order valence-corrected chi connectivity index (χ0v) is 35.1. The van der Waals surface area contributed by atoms with Gasteiger partial charge in [0.05, 0.1) is 33.3 Å². The Labute approximate surface area is 375 Å². The Bertz CT molecular complexity index is 4500. The number of aromatic nitrogens is 5. The number of nitrogens with zero attached hydrogens (tertiary/aromatic N) is 5. The van der Waals surface area contributed by atoms with Crippen molar-refractivity contribution in [2.24, 2.45) is 0 Å². The van der Waals surface area contributed by atoms with Crippen molar-refractivity contribution in [3.8, 4) is 34.4 Å². The third-order valence-electron chi connectivity index (χ3n) is 13.6. The molecular formula is C59H33N5O2. The van der Waals surface area contributed by atoms with Crippen LogP contribution < -0.4 is 0 Å². The molecule has 7 heteroatoms. The lowest BCUT2D eigenvalue weighted by molar-refractivity contribution is 0.669. The van der Waals surface area contributed by atoms with Gasteiger partial charge in [-0.3, -0.25) is 4.57 Å². The molecule has 0 atom stereocenters. The molecule has 0 aliphatic carbocycles. The molecular weight excluding hydrogens is 811 g/mol. The molecule has 306 valence electrons. The maximum absolute atomic E-state index is 6.96. The third-order valence-corrected chi connectivity index (χ3v) is 13.6. The second-order valence-electron chi connectivity index (χ2n) is 17.1. The molecule has 10 aromatic carbocycles. The molecule has 0 spiro atoms. The minimum absolute atomic E-state index is 0.506. The van der Waals surface area contributed by atoms with Gasteiger partial charge >= 0.3 is 0 Å². The molecule has 0 saturated carbocycles. The summed E-state index contributed by atoms with van der Waals surface area (Å²) in [5, 5.41) is 12.9. The summed E-state index contributed by atoms with van der Waals surface area (Å²) in [6, 6.07) is 70.2. The lowest BCUT2D eigenvalue weighted by Gasteiger charge is -2.16. The van der Waals surface area contributed by atoms with E-state index in [0.717, 1.165) is 115 Å². The standard InChI is InChI=1S/C59H33N5O2/c1-2-16-36-33-49-44(32-35(36)15-1)40-20-7-9-23-45(40)63(49)48-30-31-52-54(42-29-28-34-14-3-4-17-37(34)56(42)66-52)55(48)58-60-57(43-22-13-27-51-53(43)41-21-8-12-26-50(41)65-51)61-59(62-58)64-46-24-10-5-18-38(46)39-19-6-11-25-47(39)64/h1-33H. The zero-order valence-electron chi connectivity index (χ0n) is 35.1. The fourth-order valence-corrected chi connectivity index (χ4v) is 10.7. The number of hydrogen-bond acceptors (Lipinski definition) is 5. The summed E-state index contributed by atoms with van der Waals surface area (Å²) in [5.74, 6) is 1.56. The smallest absolute Gasteiger partial charge is 0.238 e. The van der Waals surface area contributed by atoms with Gasteiger partial charge < -0.3 is 13.4 Å². The van der Waals surface area contributed by atoms with E-state index in [2.05, 4.69) is 179 Å². The summed E-state index contributed by atoms with van der Waals surface area (Å²) < 4.78 is 18.0. The molecule has 5 heterocycles. The summed E-state index contributed by atoms with van der Waals surface area (Å²) in [7, 11) is 0. The van der Waals surface area contributed by atoms with Crippen LogP contribution in [0.1, 0.15) is 0 Å². The van der Waals surface area contributed by atoms with E-state index in [1.54, 1.807) is 0 Å². The Balaban J connectivity index is 1.14. The molecule has 0 amide bonds. The number of fused-ring (bicyclic) bond motifs is 15. The third kappa shape index (κ3) is 4.88. The maximum atomic E-state index is 6.96. The number of furan rings is 2. The van der Waals surface area contributed by atoms with Gasteiger partial charge in [0.25, 0.3) is 0 Å². The van der Waals surface area contributed by atoms with Gasteiger partial charge in [-0.05, 0) is 76.8 Å². The molecule has 0 fully saturated rings. The highest BCUT2D eigenvalue weighted by molar-refractivity contribution is 6.21. The topological polar surface area (TPSA) is 74.8 Å². The zero-order chi connectivity index (χ0) is 43.0. The van der Waals surface area contributed by atoms with Crippen LogP contribution in [0.3, 0.4) is 0 Å². The SMILES string of the molecule is c1ccc2cc3c(cc2c1)c1ccccc1n3-c1ccc2oc3c4ccccc4ccc3c2c1-c1nc(-c2cccc3oc4ccccc4c23)nc(-n2c3ccccc3c3ccccc32)n1. The van der Waals surface area contributed by atoms with Crippen LogP contribution in [0.25, 0.3) is 143 Å². The van der Waals surface area contributed by atoms with Gasteiger partial charge in [0.2, 0.25) is 5.95 Å². The number of hydrogen-bond donors (Lipinski definition) is 0. The van der Waals surface area contributed by atoms with Crippen molar-refractivity contribution in [2.75, 3.05) is 0 Å². The van der Waals surface area contributed by atoms with Gasteiger partial charge in [-0.2, -0.15) is 9.97 Å². The van der Waals surface area contributed by atoms with Gasteiger partial charge in [-0.1, -0.05) is 140 Å². The number of benzene rings is 10. The van der Waals surface area contributed by atoms with E-state index in [1.807, 2.05) is 30.3 Å². The van der Waals surface area contributed by atoms with Crippen molar-refractivity contribution < 1.29 is 8.83 Å². The van der Waals surface area contributed by atoms with Crippen LogP contribution in [0.5, 0.6) is 0 Å². The monoisotopic (exact) mass is 843 g/mol. The van der Waals surface area contributed by atoms with E-state index < -0.39 is 0 Å². The highest BCUT2D eigenvalue weighted by Crippen LogP contribution is 2.46. The normalized spacial score (nSPS) is 12.2. The Morgan fingerprint density at radius 1 is 0.333 bits per heavy atom. The lowest BCUT2D eigenvalue weighted by atomic mass is 10.0. The predicted octanol–water partition coefficient (Wildman–Crippen LogP) is 15.5. The molecule has 0 aliphatic rings. The minimum atomic E-state index is 0.506. The van der Waals surface area contributed by atoms with Crippen molar-refractivity contribution in [3.05, 3.63) is 200 Å². The van der Waals surface area contributed by atoms with Crippen LogP contribution in [0.4, 0.5) is 0 Å². The van der Waals surface area contributed by atoms with E-state index in [9.17, 15) is 0 Å². The van der Waals surface area contributed by atoms with Crippen molar-refractivity contribution >= 4 is 109 Å². The molecule has 15 rings (SSSR count). The van der Waals surface area contributed by atoms with Gasteiger partial charge in [0.1, 0.15) is 22.3 Å². The molecule has 7 nitrogen and oxygen atoms in total. The van der Waals surface area contributed by atoms with E-state index in [-0.39, 0.29) is 0 Å². The first-order chi connectivity index (χ1) is 32.7. The quantitative estimate of drug-likeness (QED) is 0.176. The fourth-order valence-electron chi connectivity index (χ4n) is 10.7. The van der Waals surface area contributed by atoms with Crippen molar-refractivity contribution in [2.45, 2.75) is 0 Å². The van der Waals surface area contributed by atoms with Gasteiger partial charge in [-0.15, -0.1) is 0 Å². The van der Waals surface area contributed by atoms with Gasteiger partial charge in [0.15, 0.2) is 11.6 Å². The van der Waals surface area contributed by atoms with Crippen LogP contribution >= 0.6 is 0 Å². The first-order valence-corrected chi connectivity index (χ1v) is 22.2. The van der Waals surface area contributed by atoms with Crippen LogP contribution in [0.15, 0.2) is 209 Å². The summed E-state index contributed by atoms with van der Waals surface area (Å²) in [4.78, 5) is 16.7. The molecule has 0 saturated heterocycles. The highest BCUT2D eigenvalue weighted by atomic mass is 16.3. The van der Waals surface area contributed by atoms with Crippen LogP contribution in [-0.4, -0.2) is 24.1 Å². The first-order valence-electron chi connectivity index (χ1n) is 22.2. The van der Waals surface area contributed by atoms with E-state index >= 15 is 0 Å². The molecule has 0 radical (unpaired) electrons. The van der Waals surface area contributed by atoms with E-state index in [4.69, 9.17) is 23.8 Å². The molecule has 5 aromatic heterocycles. The van der Waals surface area contributed by atoms with Crippen molar-refractivity contribution in [3.63, 3.8) is 0 Å². The molecule has 0 N–H and O–H groups in total. The molecule has 66 heavy (non-hydrogen) atoms. The lowest BCUT2D eigenvalue weighted by Crippen LogP contribution is -2.08. The molecule has 0 unspecified atom stereocenters. The van der Waals surface area contributed by atoms with Crippen LogP contribution in [0, 0.1) is 0 Å². The molecule has 15 aromatic rings. The average Bonchev–Trinajstić information content (AvgIpc) is 4.13. The Morgan fingerprint density at radius 3 is 1.70 bits per heavy atom. The van der Waals surface area contributed by atoms with E-state index in [0.29, 0.717) is 17.6 Å². The number of para-hydroxylation sites is 4. The Morgan fingerprint density at radius 2 is 0.924 bits per heavy atom. The summed E-state index contributed by atoms with van der Waals surface area (Å²) in [5.41, 5.74) is 9.92. The first kappa shape index (κ1) is 35.4. The summed E-state index contributed by atoms with van der Waals surface area (Å²) >= 11 is 0. The average molecular weight is 844 g/mol. The highest BCUT2D eigenvalue weighted by Gasteiger charge is 2.27. The largest absolute Gasteiger partial charge is 0.456 e. The Kier molecular flexibility index (Phi) is 7.10. The number of rotatable bonds is 4. The van der Waals surface area contributed by atoms with Gasteiger partial charge in [0, 0.05) is 54.0 Å².